The lowest BCUT2D eigenvalue weighted by atomic mass is 9.79. The van der Waals surface area contributed by atoms with Crippen LogP contribution < -0.4 is 0 Å². The molecule has 0 N–H and O–H groups in total. The van der Waals surface area contributed by atoms with Gasteiger partial charge in [-0.05, 0) is 85.1 Å². The molecule has 0 saturated carbocycles. The van der Waals surface area contributed by atoms with Crippen molar-refractivity contribution in [3.8, 4) is 0 Å². The molecule has 1 atom stereocenters. The molecule has 240 valence electrons. The third-order valence-corrected chi connectivity index (χ3v) is 8.70. The lowest BCUT2D eigenvalue weighted by Gasteiger charge is -2.25. The van der Waals surface area contributed by atoms with Crippen LogP contribution in [0.4, 0.5) is 0 Å². The first-order valence-electron chi connectivity index (χ1n) is 17.0. The lowest BCUT2D eigenvalue weighted by Crippen LogP contribution is -2.13. The van der Waals surface area contributed by atoms with E-state index in [1.165, 1.54) is 39.0 Å². The maximum Gasteiger partial charge on any atom is 0.155 e. The van der Waals surface area contributed by atoms with Gasteiger partial charge in [-0.25, -0.2) is 4.99 Å². The van der Waals surface area contributed by atoms with Crippen LogP contribution in [-0.4, -0.2) is 11.5 Å². The van der Waals surface area contributed by atoms with E-state index in [2.05, 4.69) is 146 Å². The molecule has 2 aliphatic rings. The summed E-state index contributed by atoms with van der Waals surface area (Å²) < 4.78 is 0. The zero-order valence-electron chi connectivity index (χ0n) is 29.7. The van der Waals surface area contributed by atoms with Crippen LogP contribution in [0.2, 0.25) is 0 Å². The molecular weight excluding hydrogens is 556 g/mol. The summed E-state index contributed by atoms with van der Waals surface area (Å²) in [6.45, 7) is 23.7. The number of amidine groups is 1. The topological polar surface area (TPSA) is 24.7 Å². The van der Waals surface area contributed by atoms with Gasteiger partial charge in [0, 0.05) is 16.7 Å². The Kier molecular flexibility index (Phi) is 13.7. The van der Waals surface area contributed by atoms with E-state index < -0.39 is 0 Å². The number of hydrogen-bond acceptors (Lipinski definition) is 1. The van der Waals surface area contributed by atoms with Crippen LogP contribution in [0.15, 0.2) is 165 Å². The molecule has 2 aromatic rings. The van der Waals surface area contributed by atoms with E-state index in [-0.39, 0.29) is 11.5 Å². The molecule has 0 spiro atoms. The summed E-state index contributed by atoms with van der Waals surface area (Å²) in [5.41, 5.74) is 12.1. The number of rotatable bonds is 10. The molecule has 4 rings (SSSR count). The molecule has 2 heteroatoms. The summed E-state index contributed by atoms with van der Waals surface area (Å²) in [6.07, 6.45) is 20.7. The zero-order chi connectivity index (χ0) is 33.7. The van der Waals surface area contributed by atoms with Crippen LogP contribution in [0.1, 0.15) is 98.7 Å². The third kappa shape index (κ3) is 8.49. The van der Waals surface area contributed by atoms with Gasteiger partial charge in [0.05, 0.1) is 6.04 Å². The third-order valence-electron chi connectivity index (χ3n) is 8.70. The molecule has 0 radical (unpaired) electrons. The van der Waals surface area contributed by atoms with Gasteiger partial charge in [0.25, 0.3) is 0 Å². The summed E-state index contributed by atoms with van der Waals surface area (Å²) >= 11 is 0. The highest BCUT2D eigenvalue weighted by molar-refractivity contribution is 6.12. The second kappa shape index (κ2) is 17.4. The normalized spacial score (nSPS) is 17.8. The molecule has 2 aromatic carbocycles. The largest absolute Gasteiger partial charge is 0.258 e. The molecule has 0 heterocycles. The fourth-order valence-corrected chi connectivity index (χ4v) is 6.30. The zero-order valence-corrected chi connectivity index (χ0v) is 29.7. The summed E-state index contributed by atoms with van der Waals surface area (Å²) in [6, 6.07) is 20.8. The quantitative estimate of drug-likeness (QED) is 0.189. The van der Waals surface area contributed by atoms with Crippen LogP contribution in [0.25, 0.3) is 0 Å². The number of allylic oxidation sites excluding steroid dienone is 13. The van der Waals surface area contributed by atoms with Gasteiger partial charge < -0.3 is 0 Å². The minimum absolute atomic E-state index is 0.0338. The van der Waals surface area contributed by atoms with Crippen LogP contribution in [0.5, 0.6) is 0 Å². The molecule has 0 amide bonds. The second-order valence-corrected chi connectivity index (χ2v) is 11.9. The Balaban J connectivity index is 0.00000282. The van der Waals surface area contributed by atoms with E-state index in [1.54, 1.807) is 0 Å². The van der Waals surface area contributed by atoms with E-state index in [0.29, 0.717) is 0 Å². The predicted octanol–water partition coefficient (Wildman–Crippen LogP) is 12.6. The van der Waals surface area contributed by atoms with Crippen molar-refractivity contribution in [3.05, 3.63) is 166 Å². The highest BCUT2D eigenvalue weighted by Gasteiger charge is 2.36. The molecule has 46 heavy (non-hydrogen) atoms. The van der Waals surface area contributed by atoms with Gasteiger partial charge in [-0.15, -0.1) is 0 Å². The van der Waals surface area contributed by atoms with Gasteiger partial charge in [0.15, 0.2) is 5.84 Å². The predicted molar refractivity (Wildman–Crippen MR) is 204 cm³/mol. The molecule has 0 fully saturated rings. The van der Waals surface area contributed by atoms with Crippen LogP contribution >= 0.6 is 0 Å². The van der Waals surface area contributed by atoms with Gasteiger partial charge >= 0.3 is 0 Å². The highest BCUT2D eigenvalue weighted by Crippen LogP contribution is 2.50. The Labute approximate surface area is 279 Å². The monoisotopic (exact) mass is 610 g/mol. The molecule has 0 aliphatic heterocycles. The summed E-state index contributed by atoms with van der Waals surface area (Å²) in [4.78, 5) is 10.4. The fraction of sp³-hybridized carbons (Fsp3) is 0.318. The molecule has 2 aliphatic carbocycles. The summed E-state index contributed by atoms with van der Waals surface area (Å²) in [7, 11) is 0. The van der Waals surface area contributed by atoms with Crippen LogP contribution in [0.3, 0.4) is 0 Å². The molecule has 0 aromatic heterocycles. The standard InChI is InChI=1S/C42H48N2.C2H6/c1-9-21-37-38(40(12-4)42(7,8)39(37)11-3)29-32(10-2)35-26-19-20-27-36(28-35)41(43-30(5)33-22-15-13-16-23-33)44-31(6)34-24-17-14-18-25-34;1-2/h9,11,13-18,20-30H,3,10,12,19H2,1-2,4-8H3;1-2H3/b21-9-,32-29+,43-41?,44-31?;. The van der Waals surface area contributed by atoms with Crippen molar-refractivity contribution in [1.29, 1.82) is 0 Å². The van der Waals surface area contributed by atoms with Gasteiger partial charge in [0.2, 0.25) is 0 Å². The lowest BCUT2D eigenvalue weighted by molar-refractivity contribution is 0.543. The molecule has 0 saturated heterocycles. The average Bonchev–Trinajstić information content (AvgIpc) is 3.21. The van der Waals surface area contributed by atoms with Crippen molar-refractivity contribution in [2.24, 2.45) is 15.4 Å². The van der Waals surface area contributed by atoms with Crippen molar-refractivity contribution in [3.63, 3.8) is 0 Å². The first-order chi connectivity index (χ1) is 22.2. The van der Waals surface area contributed by atoms with E-state index in [9.17, 15) is 0 Å². The Morgan fingerprint density at radius 3 is 2.20 bits per heavy atom. The first-order valence-corrected chi connectivity index (χ1v) is 17.0. The van der Waals surface area contributed by atoms with E-state index in [4.69, 9.17) is 9.98 Å². The van der Waals surface area contributed by atoms with Gasteiger partial charge in [-0.1, -0.05) is 157 Å². The van der Waals surface area contributed by atoms with E-state index in [0.717, 1.165) is 41.9 Å². The second-order valence-electron chi connectivity index (χ2n) is 11.9. The fourth-order valence-electron chi connectivity index (χ4n) is 6.30. The Morgan fingerprint density at radius 2 is 1.61 bits per heavy atom. The maximum atomic E-state index is 5.23. The van der Waals surface area contributed by atoms with Crippen molar-refractivity contribution >= 4 is 11.5 Å². The van der Waals surface area contributed by atoms with Crippen molar-refractivity contribution < 1.29 is 0 Å². The minimum Gasteiger partial charge on any atom is -0.258 e. The van der Waals surface area contributed by atoms with Crippen LogP contribution in [0, 0.1) is 5.41 Å². The molecule has 0 bridgehead atoms. The van der Waals surface area contributed by atoms with E-state index >= 15 is 0 Å². The average molecular weight is 611 g/mol. The summed E-state index contributed by atoms with van der Waals surface area (Å²) in [5, 5.41) is 0. The number of aliphatic imine (C=N–C) groups is 2. The van der Waals surface area contributed by atoms with E-state index in [1.807, 2.05) is 32.1 Å². The summed E-state index contributed by atoms with van der Waals surface area (Å²) in [5.74, 6) is 0.751. The number of hydrogen-bond donors (Lipinski definition) is 0. The highest BCUT2D eigenvalue weighted by atomic mass is 14.9. The first kappa shape index (κ1) is 36.2. The minimum atomic E-state index is -0.0481. The molecule has 1 unspecified atom stereocenters. The Bertz CT molecular complexity index is 1630. The SMILES string of the molecule is C=CC1=C(/C=C\C)C(/C=C(\CC)C2=CCC=CC(C(=NC(C)c3ccccc3)N=C(C)c3ccccc3)=C2)=C(CC)C1(C)C.CC. The van der Waals surface area contributed by atoms with Gasteiger partial charge in [0.1, 0.15) is 0 Å². The Hall–Kier alpha value is -4.30. The molecular formula is C44H54N2. The van der Waals surface area contributed by atoms with Crippen LogP contribution in [-0.2, 0) is 0 Å². The smallest absolute Gasteiger partial charge is 0.155 e. The molecule has 2 nitrogen and oxygen atoms in total. The Morgan fingerprint density at radius 1 is 0.957 bits per heavy atom. The van der Waals surface area contributed by atoms with Crippen molar-refractivity contribution in [2.75, 3.05) is 0 Å². The van der Waals surface area contributed by atoms with Crippen molar-refractivity contribution in [2.45, 2.75) is 87.6 Å². The van der Waals surface area contributed by atoms with Crippen molar-refractivity contribution in [1.82, 2.24) is 0 Å². The maximum absolute atomic E-state index is 5.23. The number of nitrogens with zero attached hydrogens (tertiary/aromatic N) is 2. The van der Waals surface area contributed by atoms with Gasteiger partial charge in [-0.3, -0.25) is 4.99 Å². The number of benzene rings is 2. The van der Waals surface area contributed by atoms with Gasteiger partial charge in [-0.2, -0.15) is 0 Å².